The molecule has 1 saturated heterocycles. The quantitative estimate of drug-likeness (QED) is 0.869. The van der Waals surface area contributed by atoms with Crippen LogP contribution in [0.15, 0.2) is 30.3 Å². The van der Waals surface area contributed by atoms with Gasteiger partial charge in [0, 0.05) is 5.41 Å². The van der Waals surface area contributed by atoms with Gasteiger partial charge in [0.2, 0.25) is 0 Å². The van der Waals surface area contributed by atoms with Crippen LogP contribution >= 0.6 is 0 Å². The number of hydrogen-bond donors (Lipinski definition) is 1. The summed E-state index contributed by atoms with van der Waals surface area (Å²) in [6, 6.07) is 9.92. The van der Waals surface area contributed by atoms with Crippen LogP contribution in [0.3, 0.4) is 0 Å². The fourth-order valence-corrected chi connectivity index (χ4v) is 2.12. The Morgan fingerprint density at radius 3 is 2.83 bits per heavy atom. The van der Waals surface area contributed by atoms with Crippen molar-refractivity contribution in [2.75, 3.05) is 13.2 Å². The summed E-state index contributed by atoms with van der Waals surface area (Å²) in [6.45, 7) is 3.51. The van der Waals surface area contributed by atoms with Crippen molar-refractivity contribution in [3.8, 4) is 0 Å². The third-order valence-corrected chi connectivity index (χ3v) is 3.15. The molecule has 1 aliphatic heterocycles. The van der Waals surface area contributed by atoms with Crippen LogP contribution in [0.25, 0.3) is 0 Å². The molecule has 1 aliphatic rings. The van der Waals surface area contributed by atoms with E-state index in [-0.39, 0.29) is 5.41 Å². The molecule has 4 nitrogen and oxygen atoms in total. The Bertz CT molecular complexity index is 404. The molecular formula is C14H18O4. The highest BCUT2D eigenvalue weighted by atomic mass is 16.5. The van der Waals surface area contributed by atoms with Crippen molar-refractivity contribution >= 4 is 5.97 Å². The molecule has 0 aromatic heterocycles. The summed E-state index contributed by atoms with van der Waals surface area (Å²) in [5, 5.41) is 8.88. The number of carboxylic acids is 1. The van der Waals surface area contributed by atoms with E-state index >= 15 is 0 Å². The first-order valence-corrected chi connectivity index (χ1v) is 6.05. The van der Waals surface area contributed by atoms with Gasteiger partial charge < -0.3 is 14.6 Å². The second-order valence-corrected chi connectivity index (χ2v) is 5.13. The van der Waals surface area contributed by atoms with Gasteiger partial charge in [-0.3, -0.25) is 0 Å². The van der Waals surface area contributed by atoms with E-state index in [2.05, 4.69) is 0 Å². The second kappa shape index (κ2) is 5.50. The fourth-order valence-electron chi connectivity index (χ4n) is 2.12. The molecule has 0 aliphatic carbocycles. The van der Waals surface area contributed by atoms with Gasteiger partial charge in [-0.05, 0) is 12.0 Å². The number of ether oxygens (including phenoxy) is 2. The van der Waals surface area contributed by atoms with Gasteiger partial charge in [0.25, 0.3) is 0 Å². The monoisotopic (exact) mass is 250 g/mol. The summed E-state index contributed by atoms with van der Waals surface area (Å²) in [5.74, 6) is -0.887. The van der Waals surface area contributed by atoms with E-state index in [4.69, 9.17) is 14.6 Å². The summed E-state index contributed by atoms with van der Waals surface area (Å²) in [7, 11) is 0. The molecule has 1 aromatic rings. The molecular weight excluding hydrogens is 232 g/mol. The predicted molar refractivity (Wildman–Crippen MR) is 66.2 cm³/mol. The Morgan fingerprint density at radius 1 is 1.50 bits per heavy atom. The zero-order chi connectivity index (χ0) is 13.0. The summed E-state index contributed by atoms with van der Waals surface area (Å²) in [5.41, 5.74) is 0.924. The molecule has 2 rings (SSSR count). The molecule has 0 bridgehead atoms. The summed E-state index contributed by atoms with van der Waals surface area (Å²) in [4.78, 5) is 10.8. The van der Waals surface area contributed by atoms with Crippen molar-refractivity contribution < 1.29 is 19.4 Å². The largest absolute Gasteiger partial charge is 0.479 e. The zero-order valence-electron chi connectivity index (χ0n) is 10.5. The molecule has 98 valence electrons. The summed E-state index contributed by atoms with van der Waals surface area (Å²) < 4.78 is 10.9. The molecule has 0 amide bonds. The number of benzene rings is 1. The van der Waals surface area contributed by atoms with Gasteiger partial charge >= 0.3 is 5.97 Å². The lowest BCUT2D eigenvalue weighted by molar-refractivity contribution is -0.147. The molecule has 4 heteroatoms. The van der Waals surface area contributed by atoms with Crippen molar-refractivity contribution in [3.05, 3.63) is 35.9 Å². The molecule has 2 unspecified atom stereocenters. The van der Waals surface area contributed by atoms with Crippen LogP contribution < -0.4 is 0 Å². The Labute approximate surface area is 107 Å². The van der Waals surface area contributed by atoms with Crippen LogP contribution in [0, 0.1) is 5.41 Å². The van der Waals surface area contributed by atoms with E-state index in [1.54, 1.807) is 0 Å². The number of rotatable bonds is 5. The average Bonchev–Trinajstić information content (AvgIpc) is 2.74. The Hall–Kier alpha value is -1.39. The Kier molecular flexibility index (Phi) is 3.99. The standard InChI is InChI=1S/C14H18O4/c1-14(7-12(13(15)16)18-10-14)9-17-8-11-5-3-2-4-6-11/h2-6,12H,7-10H2,1H3,(H,15,16). The lowest BCUT2D eigenvalue weighted by Crippen LogP contribution is -2.25. The van der Waals surface area contributed by atoms with E-state index in [0.717, 1.165) is 5.56 Å². The lowest BCUT2D eigenvalue weighted by atomic mass is 9.89. The van der Waals surface area contributed by atoms with Crippen LogP contribution in [-0.2, 0) is 20.9 Å². The topological polar surface area (TPSA) is 55.8 Å². The SMILES string of the molecule is CC1(COCc2ccccc2)COC(C(=O)O)C1. The van der Waals surface area contributed by atoms with Gasteiger partial charge in [-0.25, -0.2) is 4.79 Å². The van der Waals surface area contributed by atoms with Gasteiger partial charge in [0.15, 0.2) is 6.10 Å². The van der Waals surface area contributed by atoms with Crippen LogP contribution in [0.4, 0.5) is 0 Å². The number of carboxylic acid groups (broad SMARTS) is 1. The smallest absolute Gasteiger partial charge is 0.332 e. The molecule has 18 heavy (non-hydrogen) atoms. The number of aliphatic carboxylic acids is 1. The van der Waals surface area contributed by atoms with E-state index in [9.17, 15) is 4.79 Å². The molecule has 1 heterocycles. The maximum Gasteiger partial charge on any atom is 0.332 e. The third kappa shape index (κ3) is 3.31. The molecule has 1 N–H and O–H groups in total. The first kappa shape index (κ1) is 13.1. The predicted octanol–water partition coefficient (Wildman–Crippen LogP) is 2.08. The van der Waals surface area contributed by atoms with Crippen molar-refractivity contribution in [1.82, 2.24) is 0 Å². The minimum atomic E-state index is -0.887. The maximum atomic E-state index is 10.8. The van der Waals surface area contributed by atoms with Crippen molar-refractivity contribution in [2.45, 2.75) is 26.1 Å². The maximum absolute atomic E-state index is 10.8. The highest BCUT2D eigenvalue weighted by molar-refractivity contribution is 5.72. The van der Waals surface area contributed by atoms with Crippen molar-refractivity contribution in [3.63, 3.8) is 0 Å². The van der Waals surface area contributed by atoms with Gasteiger partial charge in [0.05, 0.1) is 19.8 Å². The highest BCUT2D eigenvalue weighted by Gasteiger charge is 2.39. The van der Waals surface area contributed by atoms with E-state index in [0.29, 0.717) is 26.2 Å². The van der Waals surface area contributed by atoms with Gasteiger partial charge in [-0.1, -0.05) is 37.3 Å². The van der Waals surface area contributed by atoms with Crippen LogP contribution in [0.2, 0.25) is 0 Å². The Morgan fingerprint density at radius 2 is 2.22 bits per heavy atom. The molecule has 0 spiro atoms. The van der Waals surface area contributed by atoms with Crippen LogP contribution in [-0.4, -0.2) is 30.4 Å². The lowest BCUT2D eigenvalue weighted by Gasteiger charge is -2.21. The molecule has 1 aromatic carbocycles. The average molecular weight is 250 g/mol. The highest BCUT2D eigenvalue weighted by Crippen LogP contribution is 2.32. The molecule has 0 radical (unpaired) electrons. The van der Waals surface area contributed by atoms with Gasteiger partial charge in [0.1, 0.15) is 0 Å². The zero-order valence-corrected chi connectivity index (χ0v) is 10.5. The first-order valence-electron chi connectivity index (χ1n) is 6.05. The van der Waals surface area contributed by atoms with E-state index < -0.39 is 12.1 Å². The first-order chi connectivity index (χ1) is 8.59. The summed E-state index contributed by atoms with van der Waals surface area (Å²) >= 11 is 0. The van der Waals surface area contributed by atoms with Crippen LogP contribution in [0.1, 0.15) is 18.9 Å². The minimum absolute atomic E-state index is 0.197. The number of hydrogen-bond acceptors (Lipinski definition) is 3. The molecule has 1 fully saturated rings. The van der Waals surface area contributed by atoms with Gasteiger partial charge in [-0.2, -0.15) is 0 Å². The number of carbonyl (C=O) groups is 1. The van der Waals surface area contributed by atoms with E-state index in [1.807, 2.05) is 37.3 Å². The fraction of sp³-hybridized carbons (Fsp3) is 0.500. The molecule has 0 saturated carbocycles. The van der Waals surface area contributed by atoms with Crippen molar-refractivity contribution in [1.29, 1.82) is 0 Å². The Balaban J connectivity index is 1.79. The van der Waals surface area contributed by atoms with Crippen molar-refractivity contribution in [2.24, 2.45) is 5.41 Å². The third-order valence-electron chi connectivity index (χ3n) is 3.15. The van der Waals surface area contributed by atoms with E-state index in [1.165, 1.54) is 0 Å². The van der Waals surface area contributed by atoms with Crippen LogP contribution in [0.5, 0.6) is 0 Å². The molecule has 2 atom stereocenters. The summed E-state index contributed by atoms with van der Waals surface area (Å²) in [6.07, 6.45) is -0.174. The second-order valence-electron chi connectivity index (χ2n) is 5.13. The van der Waals surface area contributed by atoms with Gasteiger partial charge in [-0.15, -0.1) is 0 Å². The normalized spacial score (nSPS) is 27.3. The minimum Gasteiger partial charge on any atom is -0.479 e.